The van der Waals surface area contributed by atoms with Crippen LogP contribution in [0.2, 0.25) is 0 Å². The normalized spacial score (nSPS) is 10.8. The van der Waals surface area contributed by atoms with Gasteiger partial charge in [-0.05, 0) is 54.1 Å². The molecule has 3 aromatic carbocycles. The molecule has 2 aromatic heterocycles. The quantitative estimate of drug-likeness (QED) is 0.261. The predicted molar refractivity (Wildman–Crippen MR) is 139 cm³/mol. The van der Waals surface area contributed by atoms with Crippen molar-refractivity contribution < 1.29 is 28.5 Å². The minimum absolute atomic E-state index is 0.410. The first-order valence-electron chi connectivity index (χ1n) is 11.3. The molecule has 2 N–H and O–H groups in total. The molecule has 37 heavy (non-hydrogen) atoms. The molecule has 0 aliphatic heterocycles. The van der Waals surface area contributed by atoms with E-state index in [1.165, 1.54) is 6.33 Å². The van der Waals surface area contributed by atoms with Gasteiger partial charge in [-0.1, -0.05) is 18.2 Å². The number of benzene rings is 3. The lowest BCUT2D eigenvalue weighted by atomic mass is 9.99. The number of carboxylic acids is 1. The number of hydrogen-bond donors (Lipinski definition) is 2. The number of hydrogen-bond acceptors (Lipinski definition) is 8. The van der Waals surface area contributed by atoms with Crippen molar-refractivity contribution in [2.24, 2.45) is 0 Å². The molecule has 186 valence electrons. The molecule has 0 fully saturated rings. The van der Waals surface area contributed by atoms with E-state index in [0.29, 0.717) is 34.1 Å². The summed E-state index contributed by atoms with van der Waals surface area (Å²) in [6.45, 7) is -0.435. The van der Waals surface area contributed by atoms with Gasteiger partial charge in [0, 0.05) is 22.9 Å². The Labute approximate surface area is 212 Å². The smallest absolute Gasteiger partial charge is 0.341 e. The zero-order valence-electron chi connectivity index (χ0n) is 20.1. The summed E-state index contributed by atoms with van der Waals surface area (Å²) in [4.78, 5) is 19.8. The molecule has 9 nitrogen and oxygen atoms in total. The number of fused-ring (bicyclic) bond motifs is 1. The van der Waals surface area contributed by atoms with Crippen molar-refractivity contribution in [3.63, 3.8) is 0 Å². The highest BCUT2D eigenvalue weighted by Crippen LogP contribution is 2.43. The van der Waals surface area contributed by atoms with Gasteiger partial charge in [0.15, 0.2) is 6.61 Å². The second kappa shape index (κ2) is 10.3. The molecule has 2 heterocycles. The lowest BCUT2D eigenvalue weighted by Gasteiger charge is -2.10. The Morgan fingerprint density at radius 2 is 1.57 bits per heavy atom. The number of nitrogens with zero attached hydrogens (tertiary/aromatic N) is 2. The number of carboxylic acid groups (broad SMARTS) is 1. The highest BCUT2D eigenvalue weighted by molar-refractivity contribution is 6.06. The average Bonchev–Trinajstić information content (AvgIpc) is 3.33. The predicted octanol–water partition coefficient (Wildman–Crippen LogP) is 5.78. The van der Waals surface area contributed by atoms with Gasteiger partial charge >= 0.3 is 5.97 Å². The highest BCUT2D eigenvalue weighted by Gasteiger charge is 2.22. The molecule has 0 aliphatic carbocycles. The van der Waals surface area contributed by atoms with E-state index in [9.17, 15) is 4.79 Å². The molecule has 5 aromatic rings. The van der Waals surface area contributed by atoms with E-state index in [1.807, 2.05) is 54.6 Å². The standard InChI is InChI=1S/C28H23N3O6/c1-34-20-10-6-17(7-11-20)24-25-27(31-19-4-3-5-22(14-19)36-15-23(32)33)29-16-30-28(25)37-26(24)18-8-12-21(35-2)13-9-18/h3-14,16H,15H2,1-2H3,(H,32,33)(H,29,30,31). The topological polar surface area (TPSA) is 116 Å². The third-order valence-corrected chi connectivity index (χ3v) is 5.68. The maximum Gasteiger partial charge on any atom is 0.341 e. The summed E-state index contributed by atoms with van der Waals surface area (Å²) in [5, 5.41) is 12.9. The van der Waals surface area contributed by atoms with E-state index in [2.05, 4.69) is 15.3 Å². The number of ether oxygens (including phenoxy) is 3. The molecule has 0 saturated carbocycles. The molecular formula is C28H23N3O6. The maximum atomic E-state index is 10.9. The molecule has 0 aliphatic rings. The third kappa shape index (κ3) is 5.01. The Kier molecular flexibility index (Phi) is 6.58. The molecule has 0 unspecified atom stereocenters. The average molecular weight is 498 g/mol. The number of methoxy groups -OCH3 is 2. The van der Waals surface area contributed by atoms with Gasteiger partial charge in [0.05, 0.1) is 19.6 Å². The van der Waals surface area contributed by atoms with Crippen molar-refractivity contribution in [2.75, 3.05) is 26.1 Å². The van der Waals surface area contributed by atoms with Crippen molar-refractivity contribution in [2.45, 2.75) is 0 Å². The molecule has 0 bridgehead atoms. The van der Waals surface area contributed by atoms with Gasteiger partial charge in [0.25, 0.3) is 0 Å². The number of furan rings is 1. The molecule has 0 saturated heterocycles. The van der Waals surface area contributed by atoms with Crippen molar-refractivity contribution in [1.29, 1.82) is 0 Å². The second-order valence-corrected chi connectivity index (χ2v) is 8.00. The molecular weight excluding hydrogens is 474 g/mol. The lowest BCUT2D eigenvalue weighted by Crippen LogP contribution is -2.09. The number of rotatable bonds is 9. The molecule has 0 spiro atoms. The summed E-state index contributed by atoms with van der Waals surface area (Å²) in [5.74, 6) is 1.98. The van der Waals surface area contributed by atoms with Gasteiger partial charge in [0.2, 0.25) is 5.71 Å². The van der Waals surface area contributed by atoms with Gasteiger partial charge in [-0.25, -0.2) is 14.8 Å². The van der Waals surface area contributed by atoms with Gasteiger partial charge in [-0.15, -0.1) is 0 Å². The van der Waals surface area contributed by atoms with Crippen LogP contribution in [0.15, 0.2) is 83.5 Å². The third-order valence-electron chi connectivity index (χ3n) is 5.68. The van der Waals surface area contributed by atoms with Gasteiger partial charge in [-0.3, -0.25) is 0 Å². The van der Waals surface area contributed by atoms with Gasteiger partial charge in [-0.2, -0.15) is 0 Å². The van der Waals surface area contributed by atoms with E-state index in [4.69, 9.17) is 23.7 Å². The van der Waals surface area contributed by atoms with Crippen LogP contribution in [-0.4, -0.2) is 41.9 Å². The molecule has 0 atom stereocenters. The number of anilines is 2. The van der Waals surface area contributed by atoms with Crippen LogP contribution >= 0.6 is 0 Å². The number of aromatic nitrogens is 2. The van der Waals surface area contributed by atoms with Crippen LogP contribution in [0, 0.1) is 0 Å². The summed E-state index contributed by atoms with van der Waals surface area (Å²) in [6.07, 6.45) is 1.43. The van der Waals surface area contributed by atoms with Crippen molar-refractivity contribution in [3.05, 3.63) is 79.1 Å². The first-order valence-corrected chi connectivity index (χ1v) is 11.3. The summed E-state index contributed by atoms with van der Waals surface area (Å²) >= 11 is 0. The number of aliphatic carboxylic acids is 1. The summed E-state index contributed by atoms with van der Waals surface area (Å²) in [6, 6.07) is 22.2. The van der Waals surface area contributed by atoms with Crippen LogP contribution in [0.4, 0.5) is 11.5 Å². The molecule has 0 radical (unpaired) electrons. The fourth-order valence-corrected chi connectivity index (χ4v) is 3.95. The zero-order chi connectivity index (χ0) is 25.8. The Hall–Kier alpha value is -5.05. The molecule has 9 heteroatoms. The Balaban J connectivity index is 1.64. The Bertz CT molecular complexity index is 1550. The summed E-state index contributed by atoms with van der Waals surface area (Å²) in [7, 11) is 3.24. The lowest BCUT2D eigenvalue weighted by molar-refractivity contribution is -0.139. The second-order valence-electron chi connectivity index (χ2n) is 8.00. The maximum absolute atomic E-state index is 10.9. The first kappa shape index (κ1) is 23.7. The van der Waals surface area contributed by atoms with Crippen LogP contribution in [-0.2, 0) is 4.79 Å². The number of carbonyl (C=O) groups is 1. The van der Waals surface area contributed by atoms with Crippen molar-refractivity contribution in [1.82, 2.24) is 9.97 Å². The van der Waals surface area contributed by atoms with E-state index < -0.39 is 12.6 Å². The van der Waals surface area contributed by atoms with Crippen LogP contribution < -0.4 is 19.5 Å². The first-order chi connectivity index (χ1) is 18.1. The molecule has 0 amide bonds. The zero-order valence-corrected chi connectivity index (χ0v) is 20.1. The van der Waals surface area contributed by atoms with Crippen molar-refractivity contribution in [3.8, 4) is 39.7 Å². The monoisotopic (exact) mass is 497 g/mol. The van der Waals surface area contributed by atoms with E-state index in [0.717, 1.165) is 28.2 Å². The molecule has 5 rings (SSSR count). The van der Waals surface area contributed by atoms with Crippen LogP contribution in [0.5, 0.6) is 17.2 Å². The fourth-order valence-electron chi connectivity index (χ4n) is 3.95. The fraction of sp³-hybridized carbons (Fsp3) is 0.107. The highest BCUT2D eigenvalue weighted by atomic mass is 16.5. The van der Waals surface area contributed by atoms with Crippen molar-refractivity contribution >= 4 is 28.6 Å². The SMILES string of the molecule is COc1ccc(-c2oc3ncnc(Nc4cccc(OCC(=O)O)c4)c3c2-c2ccc(OC)cc2)cc1. The summed E-state index contributed by atoms with van der Waals surface area (Å²) in [5.41, 5.74) is 3.62. The van der Waals surface area contributed by atoms with Gasteiger partial charge in [0.1, 0.15) is 35.2 Å². The minimum atomic E-state index is -1.05. The Morgan fingerprint density at radius 1 is 0.892 bits per heavy atom. The van der Waals surface area contributed by atoms with Crippen LogP contribution in [0.25, 0.3) is 33.6 Å². The summed E-state index contributed by atoms with van der Waals surface area (Å²) < 4.78 is 22.3. The van der Waals surface area contributed by atoms with Gasteiger partial charge < -0.3 is 29.1 Å². The van der Waals surface area contributed by atoms with E-state index in [1.54, 1.807) is 32.4 Å². The number of nitrogens with one attached hydrogen (secondary N) is 1. The largest absolute Gasteiger partial charge is 0.497 e. The Morgan fingerprint density at radius 3 is 2.22 bits per heavy atom. The minimum Gasteiger partial charge on any atom is -0.497 e. The van der Waals surface area contributed by atoms with Crippen LogP contribution in [0.3, 0.4) is 0 Å². The van der Waals surface area contributed by atoms with E-state index in [-0.39, 0.29) is 0 Å². The van der Waals surface area contributed by atoms with Crippen LogP contribution in [0.1, 0.15) is 0 Å². The van der Waals surface area contributed by atoms with E-state index >= 15 is 0 Å².